The van der Waals surface area contributed by atoms with Crippen LogP contribution in [0.5, 0.6) is 0 Å². The Bertz CT molecular complexity index is 378. The Kier molecular flexibility index (Phi) is 3.22. The summed E-state index contributed by atoms with van der Waals surface area (Å²) in [6.45, 7) is 0. The van der Waals surface area contributed by atoms with E-state index < -0.39 is 12.0 Å². The number of halogens is 2. The molecule has 2 rings (SSSR count). The number of hydrogen-bond acceptors (Lipinski definition) is 1. The minimum atomic E-state index is -0.834. The molecule has 1 heterocycles. The van der Waals surface area contributed by atoms with Crippen molar-refractivity contribution < 1.29 is 13.6 Å². The summed E-state index contributed by atoms with van der Waals surface area (Å²) >= 11 is 0. The maximum absolute atomic E-state index is 13.1. The SMILES string of the molecule is O=C(N[C@H]1CCC[C@@H](F)C1)c1cc(F)c[nH]1. The molecule has 1 saturated carbocycles. The Morgan fingerprint density at radius 1 is 1.50 bits per heavy atom. The fourth-order valence-electron chi connectivity index (χ4n) is 2.02. The lowest BCUT2D eigenvalue weighted by atomic mass is 9.94. The van der Waals surface area contributed by atoms with E-state index in [1.54, 1.807) is 0 Å². The van der Waals surface area contributed by atoms with E-state index in [0.717, 1.165) is 25.1 Å². The number of rotatable bonds is 2. The van der Waals surface area contributed by atoms with Crippen LogP contribution in [0.1, 0.15) is 36.2 Å². The minimum absolute atomic E-state index is 0.136. The summed E-state index contributed by atoms with van der Waals surface area (Å²) in [7, 11) is 0. The number of nitrogens with one attached hydrogen (secondary N) is 2. The highest BCUT2D eigenvalue weighted by Crippen LogP contribution is 2.21. The molecule has 0 aromatic carbocycles. The highest BCUT2D eigenvalue weighted by atomic mass is 19.1. The first-order valence-electron chi connectivity index (χ1n) is 5.44. The predicted octanol–water partition coefficient (Wildman–Crippen LogP) is 2.16. The number of aromatic amines is 1. The molecule has 16 heavy (non-hydrogen) atoms. The van der Waals surface area contributed by atoms with Gasteiger partial charge in [0.15, 0.2) is 0 Å². The molecule has 1 amide bonds. The lowest BCUT2D eigenvalue weighted by Gasteiger charge is -2.25. The van der Waals surface area contributed by atoms with Crippen LogP contribution in [0.15, 0.2) is 12.3 Å². The molecule has 5 heteroatoms. The Hall–Kier alpha value is -1.39. The molecule has 0 aliphatic heterocycles. The molecule has 1 aromatic heterocycles. The van der Waals surface area contributed by atoms with Crippen molar-refractivity contribution in [3.05, 3.63) is 23.8 Å². The largest absolute Gasteiger partial charge is 0.355 e. The van der Waals surface area contributed by atoms with Crippen LogP contribution in [0.4, 0.5) is 8.78 Å². The molecule has 1 aliphatic carbocycles. The van der Waals surface area contributed by atoms with Crippen molar-refractivity contribution in [1.82, 2.24) is 10.3 Å². The topological polar surface area (TPSA) is 44.9 Å². The molecule has 1 aliphatic rings. The Labute approximate surface area is 92.2 Å². The second kappa shape index (κ2) is 4.63. The van der Waals surface area contributed by atoms with Crippen molar-refractivity contribution >= 4 is 5.91 Å². The van der Waals surface area contributed by atoms with Crippen LogP contribution in [0.25, 0.3) is 0 Å². The van der Waals surface area contributed by atoms with Gasteiger partial charge in [-0.2, -0.15) is 0 Å². The van der Waals surface area contributed by atoms with Crippen LogP contribution in [0.2, 0.25) is 0 Å². The maximum Gasteiger partial charge on any atom is 0.268 e. The van der Waals surface area contributed by atoms with Crippen LogP contribution in [0.3, 0.4) is 0 Å². The minimum Gasteiger partial charge on any atom is -0.355 e. The third-order valence-corrected chi connectivity index (χ3v) is 2.84. The normalized spacial score (nSPS) is 25.4. The van der Waals surface area contributed by atoms with Crippen molar-refractivity contribution in [1.29, 1.82) is 0 Å². The fourth-order valence-corrected chi connectivity index (χ4v) is 2.02. The number of carbonyl (C=O) groups is 1. The standard InChI is InChI=1S/C11H14F2N2O/c12-7-2-1-3-9(4-7)15-11(16)10-5-8(13)6-14-10/h5-7,9,14H,1-4H2,(H,15,16)/t7-,9+/m1/s1. The van der Waals surface area contributed by atoms with E-state index in [0.29, 0.717) is 12.8 Å². The molecular weight excluding hydrogens is 214 g/mol. The summed E-state index contributed by atoms with van der Waals surface area (Å²) in [6.07, 6.45) is 2.78. The van der Waals surface area contributed by atoms with Crippen molar-refractivity contribution in [3.63, 3.8) is 0 Å². The molecule has 2 N–H and O–H groups in total. The fraction of sp³-hybridized carbons (Fsp3) is 0.545. The molecule has 0 saturated heterocycles. The predicted molar refractivity (Wildman–Crippen MR) is 55.4 cm³/mol. The third kappa shape index (κ3) is 2.59. The first-order chi connectivity index (χ1) is 7.65. The molecule has 88 valence electrons. The van der Waals surface area contributed by atoms with Crippen LogP contribution in [-0.4, -0.2) is 23.1 Å². The number of alkyl halides is 1. The molecule has 1 fully saturated rings. The van der Waals surface area contributed by atoms with Gasteiger partial charge in [0.2, 0.25) is 0 Å². The maximum atomic E-state index is 13.1. The van der Waals surface area contributed by atoms with Crippen molar-refractivity contribution in [2.45, 2.75) is 37.9 Å². The average Bonchev–Trinajstić information content (AvgIpc) is 2.65. The van der Waals surface area contributed by atoms with Gasteiger partial charge in [-0.25, -0.2) is 8.78 Å². The Morgan fingerprint density at radius 3 is 2.94 bits per heavy atom. The highest BCUT2D eigenvalue weighted by molar-refractivity contribution is 5.92. The molecule has 1 aromatic rings. The molecule has 0 spiro atoms. The molecular formula is C11H14F2N2O. The number of aromatic nitrogens is 1. The van der Waals surface area contributed by atoms with Crippen LogP contribution < -0.4 is 5.32 Å². The number of amides is 1. The smallest absolute Gasteiger partial charge is 0.268 e. The first kappa shape index (κ1) is 11.1. The monoisotopic (exact) mass is 228 g/mol. The average molecular weight is 228 g/mol. The number of hydrogen-bond donors (Lipinski definition) is 2. The van der Waals surface area contributed by atoms with E-state index in [1.807, 2.05) is 0 Å². The zero-order valence-electron chi connectivity index (χ0n) is 8.80. The number of carbonyl (C=O) groups excluding carboxylic acids is 1. The summed E-state index contributed by atoms with van der Waals surface area (Å²) in [5, 5.41) is 2.70. The van der Waals surface area contributed by atoms with Gasteiger partial charge in [0, 0.05) is 18.3 Å². The third-order valence-electron chi connectivity index (χ3n) is 2.84. The molecule has 0 unspecified atom stereocenters. The van der Waals surface area contributed by atoms with E-state index >= 15 is 0 Å². The van der Waals surface area contributed by atoms with Crippen LogP contribution >= 0.6 is 0 Å². The van der Waals surface area contributed by atoms with Crippen molar-refractivity contribution in [2.24, 2.45) is 0 Å². The van der Waals surface area contributed by atoms with Gasteiger partial charge in [-0.15, -0.1) is 0 Å². The summed E-state index contributed by atoms with van der Waals surface area (Å²) < 4.78 is 25.7. The van der Waals surface area contributed by atoms with Crippen LogP contribution in [0, 0.1) is 5.82 Å². The van der Waals surface area contributed by atoms with E-state index in [1.165, 1.54) is 0 Å². The van der Waals surface area contributed by atoms with E-state index in [4.69, 9.17) is 0 Å². The van der Waals surface area contributed by atoms with E-state index in [9.17, 15) is 13.6 Å². The summed E-state index contributed by atoms with van der Waals surface area (Å²) in [5.41, 5.74) is 0.179. The second-order valence-electron chi connectivity index (χ2n) is 4.17. The van der Waals surface area contributed by atoms with Gasteiger partial charge in [0.25, 0.3) is 5.91 Å². The Balaban J connectivity index is 1.92. The van der Waals surface area contributed by atoms with E-state index in [2.05, 4.69) is 10.3 Å². The molecule has 0 bridgehead atoms. The number of H-pyrrole nitrogens is 1. The van der Waals surface area contributed by atoms with Gasteiger partial charge in [-0.3, -0.25) is 4.79 Å². The lowest BCUT2D eigenvalue weighted by Crippen LogP contribution is -2.39. The van der Waals surface area contributed by atoms with Gasteiger partial charge >= 0.3 is 0 Å². The summed E-state index contributed by atoms with van der Waals surface area (Å²) in [4.78, 5) is 14.1. The van der Waals surface area contributed by atoms with Gasteiger partial charge in [0.1, 0.15) is 17.7 Å². The van der Waals surface area contributed by atoms with Gasteiger partial charge < -0.3 is 10.3 Å². The lowest BCUT2D eigenvalue weighted by molar-refractivity contribution is 0.0908. The zero-order chi connectivity index (χ0) is 11.5. The molecule has 3 nitrogen and oxygen atoms in total. The van der Waals surface area contributed by atoms with Crippen LogP contribution in [-0.2, 0) is 0 Å². The van der Waals surface area contributed by atoms with E-state index in [-0.39, 0.29) is 17.6 Å². The highest BCUT2D eigenvalue weighted by Gasteiger charge is 2.23. The van der Waals surface area contributed by atoms with Gasteiger partial charge in [-0.05, 0) is 25.7 Å². The van der Waals surface area contributed by atoms with Gasteiger partial charge in [-0.1, -0.05) is 0 Å². The first-order valence-corrected chi connectivity index (χ1v) is 5.44. The summed E-state index contributed by atoms with van der Waals surface area (Å²) in [5.74, 6) is -0.847. The van der Waals surface area contributed by atoms with Crippen molar-refractivity contribution in [2.75, 3.05) is 0 Å². The van der Waals surface area contributed by atoms with Crippen molar-refractivity contribution in [3.8, 4) is 0 Å². The molecule has 0 radical (unpaired) electrons. The molecule has 2 atom stereocenters. The second-order valence-corrected chi connectivity index (χ2v) is 4.17. The summed E-state index contributed by atoms with van der Waals surface area (Å²) in [6, 6.07) is 0.994. The Morgan fingerprint density at radius 2 is 2.31 bits per heavy atom. The van der Waals surface area contributed by atoms with Gasteiger partial charge in [0.05, 0.1) is 0 Å². The zero-order valence-corrected chi connectivity index (χ0v) is 8.80. The quantitative estimate of drug-likeness (QED) is 0.800.